The van der Waals surface area contributed by atoms with Crippen LogP contribution in [0.2, 0.25) is 0 Å². The van der Waals surface area contributed by atoms with Crippen LogP contribution in [0.4, 0.5) is 0 Å². The molecule has 1 aliphatic heterocycles. The van der Waals surface area contributed by atoms with E-state index in [1.807, 2.05) is 0 Å². The van der Waals surface area contributed by atoms with Gasteiger partial charge in [0.25, 0.3) is 0 Å². The third-order valence-electron chi connectivity index (χ3n) is 2.25. The lowest BCUT2D eigenvalue weighted by molar-refractivity contribution is -0.0216. The van der Waals surface area contributed by atoms with Gasteiger partial charge >= 0.3 is 0 Å². The standard InChI is InChI=1S/C8H19N3O/c1-3-7-5-11(4-2)8(12-7)10-6-9/h7-8,10H,3-6,9H2,1-2H3. The van der Waals surface area contributed by atoms with E-state index in [9.17, 15) is 0 Å². The van der Waals surface area contributed by atoms with Crippen LogP contribution in [0.5, 0.6) is 0 Å². The molecule has 0 aromatic carbocycles. The average Bonchev–Trinajstić information content (AvgIpc) is 2.48. The van der Waals surface area contributed by atoms with Gasteiger partial charge in [-0.3, -0.25) is 10.2 Å². The Kier molecular flexibility index (Phi) is 3.94. The van der Waals surface area contributed by atoms with E-state index in [1.165, 1.54) is 0 Å². The molecule has 4 heteroatoms. The molecule has 1 aliphatic rings. The first-order valence-electron chi connectivity index (χ1n) is 4.64. The lowest BCUT2D eigenvalue weighted by Crippen LogP contribution is -2.44. The van der Waals surface area contributed by atoms with Gasteiger partial charge in [0.1, 0.15) is 0 Å². The van der Waals surface area contributed by atoms with Crippen molar-refractivity contribution in [3.63, 3.8) is 0 Å². The van der Waals surface area contributed by atoms with Gasteiger partial charge in [-0.1, -0.05) is 13.8 Å². The number of rotatable bonds is 4. The quantitative estimate of drug-likeness (QED) is 0.583. The molecule has 2 unspecified atom stereocenters. The molecule has 72 valence electrons. The normalized spacial score (nSPS) is 31.2. The first-order valence-corrected chi connectivity index (χ1v) is 4.64. The molecule has 0 saturated carbocycles. The predicted octanol–water partition coefficient (Wildman–Crippen LogP) is -0.0935. The molecule has 0 aromatic rings. The van der Waals surface area contributed by atoms with Gasteiger partial charge in [-0.2, -0.15) is 0 Å². The fourth-order valence-corrected chi connectivity index (χ4v) is 1.47. The van der Waals surface area contributed by atoms with Gasteiger partial charge in [-0.25, -0.2) is 0 Å². The zero-order chi connectivity index (χ0) is 8.97. The fourth-order valence-electron chi connectivity index (χ4n) is 1.47. The van der Waals surface area contributed by atoms with Crippen molar-refractivity contribution in [1.29, 1.82) is 0 Å². The first-order chi connectivity index (χ1) is 5.81. The zero-order valence-electron chi connectivity index (χ0n) is 7.92. The average molecular weight is 173 g/mol. The molecule has 0 aliphatic carbocycles. The number of nitrogens with one attached hydrogen (secondary N) is 1. The Morgan fingerprint density at radius 1 is 1.58 bits per heavy atom. The number of likely N-dealkylation sites (N-methyl/N-ethyl adjacent to an activating group) is 1. The molecule has 1 heterocycles. The fraction of sp³-hybridized carbons (Fsp3) is 1.00. The van der Waals surface area contributed by atoms with Gasteiger partial charge in [0.15, 0.2) is 6.35 Å². The maximum absolute atomic E-state index is 5.69. The van der Waals surface area contributed by atoms with Crippen LogP contribution in [0.25, 0.3) is 0 Å². The molecule has 12 heavy (non-hydrogen) atoms. The van der Waals surface area contributed by atoms with Crippen molar-refractivity contribution in [2.45, 2.75) is 32.7 Å². The summed E-state index contributed by atoms with van der Waals surface area (Å²) >= 11 is 0. The molecule has 2 atom stereocenters. The van der Waals surface area contributed by atoms with E-state index in [0.29, 0.717) is 12.8 Å². The Bertz CT molecular complexity index is 131. The maximum Gasteiger partial charge on any atom is 0.167 e. The van der Waals surface area contributed by atoms with Gasteiger partial charge in [-0.05, 0) is 13.0 Å². The molecule has 0 amide bonds. The van der Waals surface area contributed by atoms with Crippen LogP contribution in [-0.2, 0) is 4.74 Å². The Labute approximate surface area is 74.1 Å². The van der Waals surface area contributed by atoms with Gasteiger partial charge in [0.05, 0.1) is 6.10 Å². The summed E-state index contributed by atoms with van der Waals surface area (Å²) in [6.45, 7) is 6.77. The summed E-state index contributed by atoms with van der Waals surface area (Å²) < 4.78 is 5.69. The van der Waals surface area contributed by atoms with Gasteiger partial charge in [0, 0.05) is 13.2 Å². The summed E-state index contributed by atoms with van der Waals surface area (Å²) in [6, 6.07) is 0. The molecule has 0 bridgehead atoms. The number of nitrogens with zero attached hydrogens (tertiary/aromatic N) is 1. The van der Waals surface area contributed by atoms with Gasteiger partial charge < -0.3 is 10.5 Å². The largest absolute Gasteiger partial charge is 0.345 e. The van der Waals surface area contributed by atoms with Crippen LogP contribution in [0.3, 0.4) is 0 Å². The predicted molar refractivity (Wildman–Crippen MR) is 48.4 cm³/mol. The summed E-state index contributed by atoms with van der Waals surface area (Å²) in [5.41, 5.74) is 5.39. The minimum atomic E-state index is 0.0324. The zero-order valence-corrected chi connectivity index (χ0v) is 7.92. The van der Waals surface area contributed by atoms with Crippen LogP contribution in [-0.4, -0.2) is 37.1 Å². The van der Waals surface area contributed by atoms with Crippen LogP contribution in [0.15, 0.2) is 0 Å². The Balaban J connectivity index is 2.39. The smallest absolute Gasteiger partial charge is 0.167 e. The topological polar surface area (TPSA) is 50.5 Å². The second-order valence-corrected chi connectivity index (χ2v) is 3.01. The van der Waals surface area contributed by atoms with Crippen molar-refractivity contribution in [1.82, 2.24) is 10.2 Å². The summed E-state index contributed by atoms with van der Waals surface area (Å²) in [5.74, 6) is 0. The SMILES string of the molecule is CCC1CN(CC)C(NCN)O1. The monoisotopic (exact) mass is 173 g/mol. The van der Waals surface area contributed by atoms with Crippen molar-refractivity contribution >= 4 is 0 Å². The maximum atomic E-state index is 5.69. The highest BCUT2D eigenvalue weighted by atomic mass is 16.5. The van der Waals surface area contributed by atoms with Crippen molar-refractivity contribution in [3.8, 4) is 0 Å². The third-order valence-corrected chi connectivity index (χ3v) is 2.25. The molecule has 0 aromatic heterocycles. The molecule has 1 saturated heterocycles. The van der Waals surface area contributed by atoms with E-state index in [0.717, 1.165) is 19.5 Å². The van der Waals surface area contributed by atoms with Crippen molar-refractivity contribution in [2.24, 2.45) is 5.73 Å². The van der Waals surface area contributed by atoms with Crippen molar-refractivity contribution in [2.75, 3.05) is 19.8 Å². The first kappa shape index (κ1) is 9.92. The van der Waals surface area contributed by atoms with Crippen LogP contribution < -0.4 is 11.1 Å². The molecule has 3 N–H and O–H groups in total. The minimum Gasteiger partial charge on any atom is -0.345 e. The second-order valence-electron chi connectivity index (χ2n) is 3.01. The van der Waals surface area contributed by atoms with E-state index in [-0.39, 0.29) is 6.35 Å². The second kappa shape index (κ2) is 4.77. The van der Waals surface area contributed by atoms with E-state index < -0.39 is 0 Å². The van der Waals surface area contributed by atoms with Crippen LogP contribution >= 0.6 is 0 Å². The number of hydrogen-bond acceptors (Lipinski definition) is 4. The summed E-state index contributed by atoms with van der Waals surface area (Å²) in [7, 11) is 0. The van der Waals surface area contributed by atoms with E-state index >= 15 is 0 Å². The summed E-state index contributed by atoms with van der Waals surface area (Å²) in [6.07, 6.45) is 1.47. The van der Waals surface area contributed by atoms with Crippen LogP contribution in [0.1, 0.15) is 20.3 Å². The van der Waals surface area contributed by atoms with Gasteiger partial charge in [0.2, 0.25) is 0 Å². The Morgan fingerprint density at radius 2 is 2.33 bits per heavy atom. The van der Waals surface area contributed by atoms with E-state index in [1.54, 1.807) is 0 Å². The third kappa shape index (κ3) is 2.17. The molecule has 0 radical (unpaired) electrons. The lowest BCUT2D eigenvalue weighted by Gasteiger charge is -2.20. The number of ether oxygens (including phenoxy) is 1. The summed E-state index contributed by atoms with van der Waals surface area (Å²) in [5, 5.41) is 3.09. The highest BCUT2D eigenvalue weighted by molar-refractivity contribution is 4.74. The molecular formula is C8H19N3O. The number of nitrogens with two attached hydrogens (primary N) is 1. The van der Waals surface area contributed by atoms with Crippen molar-refractivity contribution < 1.29 is 4.74 Å². The molecule has 4 nitrogen and oxygen atoms in total. The highest BCUT2D eigenvalue weighted by Crippen LogP contribution is 2.15. The van der Waals surface area contributed by atoms with Crippen LogP contribution in [0, 0.1) is 0 Å². The molecule has 1 fully saturated rings. The molecule has 1 rings (SSSR count). The summed E-state index contributed by atoms with van der Waals surface area (Å²) in [4.78, 5) is 2.25. The minimum absolute atomic E-state index is 0.0324. The number of hydrogen-bond donors (Lipinski definition) is 2. The highest BCUT2D eigenvalue weighted by Gasteiger charge is 2.29. The Hall–Kier alpha value is -0.160. The molecular weight excluding hydrogens is 154 g/mol. The van der Waals surface area contributed by atoms with E-state index in [4.69, 9.17) is 10.5 Å². The Morgan fingerprint density at radius 3 is 2.83 bits per heavy atom. The van der Waals surface area contributed by atoms with E-state index in [2.05, 4.69) is 24.1 Å². The molecule has 0 spiro atoms. The lowest BCUT2D eigenvalue weighted by atomic mass is 10.3. The van der Waals surface area contributed by atoms with Gasteiger partial charge in [-0.15, -0.1) is 0 Å². The van der Waals surface area contributed by atoms with Crippen molar-refractivity contribution in [3.05, 3.63) is 0 Å².